The van der Waals surface area contributed by atoms with E-state index in [2.05, 4.69) is 24.2 Å². The highest BCUT2D eigenvalue weighted by molar-refractivity contribution is 4.86. The summed E-state index contributed by atoms with van der Waals surface area (Å²) in [5, 5.41) is 12.7. The van der Waals surface area contributed by atoms with Crippen LogP contribution in [-0.4, -0.2) is 48.8 Å². The Morgan fingerprint density at radius 2 is 2.13 bits per heavy atom. The van der Waals surface area contributed by atoms with Crippen molar-refractivity contribution in [1.82, 2.24) is 10.2 Å². The van der Waals surface area contributed by atoms with Gasteiger partial charge in [-0.05, 0) is 52.7 Å². The summed E-state index contributed by atoms with van der Waals surface area (Å²) in [6.07, 6.45) is 5.98. The van der Waals surface area contributed by atoms with Crippen LogP contribution in [0.3, 0.4) is 0 Å². The fraction of sp³-hybridized carbons (Fsp3) is 1.00. The number of rotatable bonds is 8. The smallest absolute Gasteiger partial charge is 0.0613 e. The van der Waals surface area contributed by atoms with Crippen LogP contribution in [0.2, 0.25) is 0 Å². The number of nitrogens with one attached hydrogen (secondary N) is 1. The molecule has 0 aliphatic heterocycles. The first-order valence-corrected chi connectivity index (χ1v) is 6.17. The standard InChI is InChI=1S/C12H26N2O/c1-4-12(10-15,13-2)8-5-9-14(3)11-6-7-11/h11,13,15H,4-10H2,1-3H3. The molecule has 90 valence electrons. The van der Waals surface area contributed by atoms with E-state index in [0.717, 1.165) is 25.4 Å². The number of hydrogen-bond donors (Lipinski definition) is 2. The SMILES string of the molecule is CCC(CO)(CCCN(C)C1CC1)NC. The molecule has 0 aromatic carbocycles. The Labute approximate surface area is 93.9 Å². The van der Waals surface area contributed by atoms with Crippen molar-refractivity contribution in [2.24, 2.45) is 0 Å². The molecule has 0 aromatic rings. The van der Waals surface area contributed by atoms with Gasteiger partial charge in [0.2, 0.25) is 0 Å². The van der Waals surface area contributed by atoms with Crippen molar-refractivity contribution in [3.05, 3.63) is 0 Å². The molecule has 1 unspecified atom stereocenters. The van der Waals surface area contributed by atoms with Crippen molar-refractivity contribution in [2.45, 2.75) is 50.6 Å². The zero-order valence-corrected chi connectivity index (χ0v) is 10.4. The third kappa shape index (κ3) is 3.74. The first-order valence-electron chi connectivity index (χ1n) is 6.17. The average Bonchev–Trinajstić information content (AvgIpc) is 3.08. The number of nitrogens with zero attached hydrogens (tertiary/aromatic N) is 1. The van der Waals surface area contributed by atoms with Gasteiger partial charge in [-0.15, -0.1) is 0 Å². The Balaban J connectivity index is 2.20. The molecule has 0 saturated heterocycles. The minimum Gasteiger partial charge on any atom is -0.394 e. The molecule has 1 aliphatic carbocycles. The van der Waals surface area contributed by atoms with Crippen molar-refractivity contribution < 1.29 is 5.11 Å². The van der Waals surface area contributed by atoms with Gasteiger partial charge in [-0.25, -0.2) is 0 Å². The van der Waals surface area contributed by atoms with E-state index in [0.29, 0.717) is 0 Å². The highest BCUT2D eigenvalue weighted by Gasteiger charge is 2.28. The third-order valence-electron chi connectivity index (χ3n) is 3.85. The molecular weight excluding hydrogens is 188 g/mol. The molecule has 0 radical (unpaired) electrons. The van der Waals surface area contributed by atoms with Crippen LogP contribution in [-0.2, 0) is 0 Å². The topological polar surface area (TPSA) is 35.5 Å². The Bertz CT molecular complexity index is 168. The lowest BCUT2D eigenvalue weighted by Gasteiger charge is -2.31. The second-order valence-electron chi connectivity index (χ2n) is 4.86. The fourth-order valence-corrected chi connectivity index (χ4v) is 2.11. The van der Waals surface area contributed by atoms with E-state index in [4.69, 9.17) is 0 Å². The largest absolute Gasteiger partial charge is 0.394 e. The van der Waals surface area contributed by atoms with Crippen LogP contribution in [0.1, 0.15) is 39.0 Å². The number of likely N-dealkylation sites (N-methyl/N-ethyl adjacent to an activating group) is 1. The van der Waals surface area contributed by atoms with Crippen molar-refractivity contribution in [2.75, 3.05) is 27.2 Å². The highest BCUT2D eigenvalue weighted by atomic mass is 16.3. The summed E-state index contributed by atoms with van der Waals surface area (Å²) < 4.78 is 0. The molecule has 1 aliphatic rings. The van der Waals surface area contributed by atoms with E-state index in [1.165, 1.54) is 19.3 Å². The highest BCUT2D eigenvalue weighted by Crippen LogP contribution is 2.26. The molecule has 0 spiro atoms. The maximum atomic E-state index is 9.39. The van der Waals surface area contributed by atoms with E-state index >= 15 is 0 Å². The third-order valence-corrected chi connectivity index (χ3v) is 3.85. The first kappa shape index (κ1) is 12.9. The van der Waals surface area contributed by atoms with Crippen LogP contribution < -0.4 is 5.32 Å². The van der Waals surface area contributed by atoms with Crippen LogP contribution >= 0.6 is 0 Å². The molecule has 1 fully saturated rings. The van der Waals surface area contributed by atoms with Crippen LogP contribution in [0.25, 0.3) is 0 Å². The second-order valence-corrected chi connectivity index (χ2v) is 4.86. The summed E-state index contributed by atoms with van der Waals surface area (Å²) in [6, 6.07) is 0.852. The van der Waals surface area contributed by atoms with Gasteiger partial charge in [-0.3, -0.25) is 0 Å². The molecule has 0 aromatic heterocycles. The van der Waals surface area contributed by atoms with Crippen LogP contribution in [0.15, 0.2) is 0 Å². The van der Waals surface area contributed by atoms with Crippen molar-refractivity contribution in [1.29, 1.82) is 0 Å². The van der Waals surface area contributed by atoms with E-state index in [9.17, 15) is 5.11 Å². The molecule has 1 saturated carbocycles. The first-order chi connectivity index (χ1) is 7.17. The van der Waals surface area contributed by atoms with Gasteiger partial charge in [0.05, 0.1) is 6.61 Å². The van der Waals surface area contributed by atoms with E-state index in [1.807, 2.05) is 7.05 Å². The predicted molar refractivity (Wildman–Crippen MR) is 64.1 cm³/mol. The molecule has 0 heterocycles. The Morgan fingerprint density at radius 1 is 1.47 bits per heavy atom. The van der Waals surface area contributed by atoms with Gasteiger partial charge in [-0.1, -0.05) is 6.92 Å². The summed E-state index contributed by atoms with van der Waals surface area (Å²) in [4.78, 5) is 2.45. The summed E-state index contributed by atoms with van der Waals surface area (Å²) in [5.74, 6) is 0. The maximum absolute atomic E-state index is 9.39. The van der Waals surface area contributed by atoms with Gasteiger partial charge < -0.3 is 15.3 Å². The van der Waals surface area contributed by atoms with Gasteiger partial charge in [0.1, 0.15) is 0 Å². The zero-order chi connectivity index (χ0) is 11.3. The number of hydrogen-bond acceptors (Lipinski definition) is 3. The zero-order valence-electron chi connectivity index (χ0n) is 10.4. The van der Waals surface area contributed by atoms with Gasteiger partial charge in [-0.2, -0.15) is 0 Å². The van der Waals surface area contributed by atoms with Gasteiger partial charge in [0.25, 0.3) is 0 Å². The van der Waals surface area contributed by atoms with Gasteiger partial charge >= 0.3 is 0 Å². The predicted octanol–water partition coefficient (Wildman–Crippen LogP) is 1.22. The van der Waals surface area contributed by atoms with Crippen LogP contribution in [0, 0.1) is 0 Å². The summed E-state index contributed by atoms with van der Waals surface area (Å²) in [7, 11) is 4.16. The summed E-state index contributed by atoms with van der Waals surface area (Å²) in [6.45, 7) is 3.54. The lowest BCUT2D eigenvalue weighted by molar-refractivity contribution is 0.147. The fourth-order valence-electron chi connectivity index (χ4n) is 2.11. The molecular formula is C12H26N2O. The van der Waals surface area contributed by atoms with E-state index in [1.54, 1.807) is 0 Å². The monoisotopic (exact) mass is 214 g/mol. The number of aliphatic hydroxyl groups excluding tert-OH is 1. The Kier molecular flexibility index (Phi) is 5.03. The molecule has 2 N–H and O–H groups in total. The number of aliphatic hydroxyl groups is 1. The minimum atomic E-state index is -0.0512. The van der Waals surface area contributed by atoms with E-state index < -0.39 is 0 Å². The second kappa shape index (κ2) is 5.83. The molecule has 1 rings (SSSR count). The Hall–Kier alpha value is -0.120. The molecule has 1 atom stereocenters. The molecule has 0 bridgehead atoms. The van der Waals surface area contributed by atoms with Gasteiger partial charge in [0.15, 0.2) is 0 Å². The van der Waals surface area contributed by atoms with Crippen LogP contribution in [0.4, 0.5) is 0 Å². The lowest BCUT2D eigenvalue weighted by atomic mass is 9.91. The summed E-state index contributed by atoms with van der Waals surface area (Å²) in [5.41, 5.74) is -0.0512. The normalized spacial score (nSPS) is 20.6. The quantitative estimate of drug-likeness (QED) is 0.638. The molecule has 3 heteroatoms. The van der Waals surface area contributed by atoms with Crippen LogP contribution in [0.5, 0.6) is 0 Å². The maximum Gasteiger partial charge on any atom is 0.0613 e. The lowest BCUT2D eigenvalue weighted by Crippen LogP contribution is -2.46. The molecule has 15 heavy (non-hydrogen) atoms. The van der Waals surface area contributed by atoms with E-state index in [-0.39, 0.29) is 12.1 Å². The molecule has 0 amide bonds. The van der Waals surface area contributed by atoms with Crippen molar-refractivity contribution in [3.8, 4) is 0 Å². The Morgan fingerprint density at radius 3 is 2.53 bits per heavy atom. The average molecular weight is 214 g/mol. The van der Waals surface area contributed by atoms with Crippen molar-refractivity contribution >= 4 is 0 Å². The minimum absolute atomic E-state index is 0.0512. The molecule has 3 nitrogen and oxygen atoms in total. The summed E-state index contributed by atoms with van der Waals surface area (Å²) >= 11 is 0. The van der Waals surface area contributed by atoms with Crippen molar-refractivity contribution in [3.63, 3.8) is 0 Å². The van der Waals surface area contributed by atoms with Gasteiger partial charge in [0, 0.05) is 11.6 Å².